The van der Waals surface area contributed by atoms with Crippen LogP contribution in [-0.2, 0) is 4.79 Å². The molecule has 0 saturated carbocycles. The molecule has 2 N–H and O–H groups in total. The van der Waals surface area contributed by atoms with Crippen LogP contribution in [0.4, 0.5) is 5.82 Å². The molecule has 0 aliphatic heterocycles. The molecule has 0 saturated heterocycles. The summed E-state index contributed by atoms with van der Waals surface area (Å²) in [5, 5.41) is 18.0. The molecule has 0 atom stereocenters. The summed E-state index contributed by atoms with van der Waals surface area (Å²) >= 11 is 0. The van der Waals surface area contributed by atoms with Crippen molar-refractivity contribution in [3.63, 3.8) is 0 Å². The van der Waals surface area contributed by atoms with Gasteiger partial charge in [0.1, 0.15) is 5.82 Å². The minimum atomic E-state index is -0.255. The van der Waals surface area contributed by atoms with Crippen LogP contribution in [-0.4, -0.2) is 55.5 Å². The quantitative estimate of drug-likeness (QED) is 0.552. The highest BCUT2D eigenvalue weighted by Gasteiger charge is 2.04. The number of hydrogen-bond acceptors (Lipinski definition) is 8. The number of carbonyl (C=O) groups excluding carboxylic acids is 1. The van der Waals surface area contributed by atoms with Gasteiger partial charge in [-0.25, -0.2) is 14.6 Å². The largest absolute Gasteiger partial charge is 0.453 e. The fourth-order valence-corrected chi connectivity index (χ4v) is 1.88. The van der Waals surface area contributed by atoms with Crippen LogP contribution in [0.25, 0.3) is 5.82 Å². The average Bonchev–Trinajstić information content (AvgIpc) is 3.20. The first-order valence-electron chi connectivity index (χ1n) is 7.55. The summed E-state index contributed by atoms with van der Waals surface area (Å²) in [4.78, 5) is 19.4. The third-order valence-electron chi connectivity index (χ3n) is 3.02. The van der Waals surface area contributed by atoms with Gasteiger partial charge in [0.2, 0.25) is 0 Å². The lowest BCUT2D eigenvalue weighted by Gasteiger charge is -2.08. The lowest BCUT2D eigenvalue weighted by Crippen LogP contribution is -2.33. The molecule has 25 heavy (non-hydrogen) atoms. The van der Waals surface area contributed by atoms with Crippen LogP contribution in [0.1, 0.15) is 0 Å². The van der Waals surface area contributed by atoms with Gasteiger partial charge in [-0.15, -0.1) is 10.2 Å². The first kappa shape index (κ1) is 16.3. The van der Waals surface area contributed by atoms with E-state index < -0.39 is 0 Å². The fourth-order valence-electron chi connectivity index (χ4n) is 1.88. The molecule has 3 aromatic rings. The summed E-state index contributed by atoms with van der Waals surface area (Å²) in [7, 11) is 0. The van der Waals surface area contributed by atoms with Gasteiger partial charge in [-0.2, -0.15) is 5.10 Å². The molecule has 0 aromatic carbocycles. The van der Waals surface area contributed by atoms with Gasteiger partial charge >= 0.3 is 6.01 Å². The number of hydrogen-bond donors (Lipinski definition) is 2. The molecule has 10 nitrogen and oxygen atoms in total. The number of nitrogens with zero attached hydrogens (tertiary/aromatic N) is 6. The van der Waals surface area contributed by atoms with Crippen molar-refractivity contribution >= 4 is 11.7 Å². The Morgan fingerprint density at radius 2 is 1.96 bits per heavy atom. The summed E-state index contributed by atoms with van der Waals surface area (Å²) in [6, 6.07) is 7.24. The van der Waals surface area contributed by atoms with Gasteiger partial charge in [0.25, 0.3) is 5.91 Å². The van der Waals surface area contributed by atoms with Crippen LogP contribution in [0, 0.1) is 0 Å². The van der Waals surface area contributed by atoms with Crippen molar-refractivity contribution in [1.29, 1.82) is 0 Å². The van der Waals surface area contributed by atoms with Crippen LogP contribution in [0.15, 0.2) is 49.1 Å². The summed E-state index contributed by atoms with van der Waals surface area (Å²) in [6.45, 7) is 0.784. The second-order valence-electron chi connectivity index (χ2n) is 4.82. The predicted octanol–water partition coefficient (Wildman–Crippen LogP) is 0.0594. The van der Waals surface area contributed by atoms with Crippen LogP contribution in [0.2, 0.25) is 0 Å². The molecule has 0 unspecified atom stereocenters. The molecule has 10 heteroatoms. The van der Waals surface area contributed by atoms with Crippen molar-refractivity contribution in [2.24, 2.45) is 0 Å². The highest BCUT2D eigenvalue weighted by Crippen LogP contribution is 2.04. The van der Waals surface area contributed by atoms with Crippen molar-refractivity contribution in [3.05, 3.63) is 49.1 Å². The molecule has 3 aromatic heterocycles. The van der Waals surface area contributed by atoms with E-state index >= 15 is 0 Å². The Balaban J connectivity index is 1.35. The maximum absolute atomic E-state index is 11.6. The zero-order valence-electron chi connectivity index (χ0n) is 13.2. The smallest absolute Gasteiger partial charge is 0.316 e. The van der Waals surface area contributed by atoms with Crippen LogP contribution in [0.5, 0.6) is 6.01 Å². The van der Waals surface area contributed by atoms with Crippen molar-refractivity contribution < 1.29 is 9.53 Å². The van der Waals surface area contributed by atoms with E-state index in [1.54, 1.807) is 47.7 Å². The molecule has 0 aliphatic carbocycles. The van der Waals surface area contributed by atoms with Gasteiger partial charge in [-0.1, -0.05) is 0 Å². The molecule has 3 heterocycles. The minimum Gasteiger partial charge on any atom is -0.453 e. The van der Waals surface area contributed by atoms with Crippen molar-refractivity contribution in [3.8, 4) is 11.8 Å². The molecule has 0 radical (unpaired) electrons. The molecular formula is C15H16N8O2. The number of aromatic nitrogens is 6. The van der Waals surface area contributed by atoms with Gasteiger partial charge in [0.05, 0.1) is 0 Å². The third kappa shape index (κ3) is 4.96. The van der Waals surface area contributed by atoms with E-state index in [-0.39, 0.29) is 18.5 Å². The van der Waals surface area contributed by atoms with Gasteiger partial charge in [0, 0.05) is 37.9 Å². The lowest BCUT2D eigenvalue weighted by molar-refractivity contribution is -0.123. The molecule has 0 aliphatic rings. The maximum atomic E-state index is 11.6. The third-order valence-corrected chi connectivity index (χ3v) is 3.02. The average molecular weight is 340 g/mol. The molecule has 3 rings (SSSR count). The van der Waals surface area contributed by atoms with Crippen molar-refractivity contribution in [2.75, 3.05) is 25.0 Å². The Kier molecular flexibility index (Phi) is 5.44. The van der Waals surface area contributed by atoms with Gasteiger partial charge in [0.15, 0.2) is 12.4 Å². The predicted molar refractivity (Wildman–Crippen MR) is 88.2 cm³/mol. The number of nitrogens with one attached hydrogen (secondary N) is 2. The fraction of sp³-hybridized carbons (Fsp3) is 0.200. The van der Waals surface area contributed by atoms with Crippen molar-refractivity contribution in [1.82, 2.24) is 35.3 Å². The zero-order chi connectivity index (χ0) is 17.3. The van der Waals surface area contributed by atoms with Crippen LogP contribution < -0.4 is 15.4 Å². The zero-order valence-corrected chi connectivity index (χ0v) is 13.2. The van der Waals surface area contributed by atoms with E-state index in [1.807, 2.05) is 6.07 Å². The first-order valence-corrected chi connectivity index (χ1v) is 7.55. The summed E-state index contributed by atoms with van der Waals surface area (Å²) in [5.41, 5.74) is 0. The Morgan fingerprint density at radius 1 is 1.08 bits per heavy atom. The van der Waals surface area contributed by atoms with Gasteiger partial charge < -0.3 is 15.4 Å². The summed E-state index contributed by atoms with van der Waals surface area (Å²) < 4.78 is 6.76. The number of ether oxygens (including phenoxy) is 1. The molecule has 0 bridgehead atoms. The lowest BCUT2D eigenvalue weighted by atomic mass is 10.4. The van der Waals surface area contributed by atoms with E-state index in [9.17, 15) is 4.79 Å². The number of rotatable bonds is 8. The molecule has 1 amide bonds. The molecular weight excluding hydrogens is 324 g/mol. The maximum Gasteiger partial charge on any atom is 0.316 e. The Hall–Kier alpha value is -3.56. The highest BCUT2D eigenvalue weighted by molar-refractivity contribution is 5.77. The molecule has 128 valence electrons. The van der Waals surface area contributed by atoms with Crippen LogP contribution in [0.3, 0.4) is 0 Å². The Bertz CT molecular complexity index is 777. The second kappa shape index (κ2) is 8.34. The minimum absolute atomic E-state index is 0.137. The summed E-state index contributed by atoms with van der Waals surface area (Å²) in [6.07, 6.45) is 6.55. The standard InChI is InChI=1S/C15H16N8O2/c24-14(11-25-15-18-5-1-6-19-15)17-9-8-16-12-3-4-13(22-21-12)23-10-2-7-20-23/h1-7,10H,8-9,11H2,(H,16,21)(H,17,24). The number of anilines is 1. The second-order valence-corrected chi connectivity index (χ2v) is 4.82. The van der Waals surface area contributed by atoms with Gasteiger partial charge in [-0.3, -0.25) is 4.79 Å². The van der Waals surface area contributed by atoms with Crippen molar-refractivity contribution in [2.45, 2.75) is 0 Å². The van der Waals surface area contributed by atoms with Gasteiger partial charge in [-0.05, 0) is 24.3 Å². The first-order chi connectivity index (χ1) is 12.3. The van der Waals surface area contributed by atoms with E-state index in [0.29, 0.717) is 24.7 Å². The number of carbonyl (C=O) groups is 1. The topological polar surface area (TPSA) is 120 Å². The number of amides is 1. The van der Waals surface area contributed by atoms with E-state index in [2.05, 4.69) is 35.9 Å². The summed E-state index contributed by atoms with van der Waals surface area (Å²) in [5.74, 6) is 0.984. The SMILES string of the molecule is O=C(COc1ncccn1)NCCNc1ccc(-n2cccn2)nn1. The van der Waals surface area contributed by atoms with E-state index in [1.165, 1.54) is 0 Å². The normalized spacial score (nSPS) is 10.2. The highest BCUT2D eigenvalue weighted by atomic mass is 16.5. The molecule has 0 spiro atoms. The van der Waals surface area contributed by atoms with E-state index in [4.69, 9.17) is 4.74 Å². The monoisotopic (exact) mass is 340 g/mol. The van der Waals surface area contributed by atoms with E-state index in [0.717, 1.165) is 0 Å². The Labute approximate surface area is 143 Å². The molecule has 0 fully saturated rings. The van der Waals surface area contributed by atoms with Crippen LogP contribution >= 0.6 is 0 Å². The Morgan fingerprint density at radius 3 is 2.68 bits per heavy atom.